The predicted molar refractivity (Wildman–Crippen MR) is 167 cm³/mol. The zero-order valence-electron chi connectivity index (χ0n) is 26.7. The molecule has 1 aromatic rings. The van der Waals surface area contributed by atoms with Gasteiger partial charge in [0.25, 0.3) is 0 Å². The lowest BCUT2D eigenvalue weighted by Crippen LogP contribution is -2.69. The van der Waals surface area contributed by atoms with Crippen molar-refractivity contribution in [3.05, 3.63) is 48.0 Å². The highest BCUT2D eigenvalue weighted by Gasteiger charge is 2.71. The maximum Gasteiger partial charge on any atom is 0.315 e. The molecule has 0 bridgehead atoms. The van der Waals surface area contributed by atoms with Gasteiger partial charge in [-0.2, -0.15) is 0 Å². The molecular formula is C37H56N2O2. The fourth-order valence-electron chi connectivity index (χ4n) is 12.4. The molecule has 0 aliphatic heterocycles. The summed E-state index contributed by atoms with van der Waals surface area (Å²) in [6.45, 7) is 19.9. The quantitative estimate of drug-likeness (QED) is 0.325. The number of urea groups is 1. The predicted octanol–water partition coefficient (Wildman–Crippen LogP) is 8.26. The number of aliphatic hydroxyl groups excluding tert-OH is 1. The van der Waals surface area contributed by atoms with E-state index in [4.69, 9.17) is 0 Å². The number of carbonyl (C=O) groups excluding carboxylic acids is 1. The maximum absolute atomic E-state index is 13.5. The minimum Gasteiger partial charge on any atom is -0.393 e. The molecular weight excluding hydrogens is 504 g/mol. The van der Waals surface area contributed by atoms with Gasteiger partial charge in [-0.05, 0) is 128 Å². The average molecular weight is 561 g/mol. The molecule has 5 aliphatic carbocycles. The van der Waals surface area contributed by atoms with E-state index in [-0.39, 0.29) is 39.3 Å². The molecule has 1 aromatic carbocycles. The fraction of sp³-hybridized carbons (Fsp3) is 0.757. The number of amides is 2. The molecule has 2 amide bonds. The van der Waals surface area contributed by atoms with Crippen LogP contribution >= 0.6 is 0 Å². The lowest BCUT2D eigenvalue weighted by Gasteiger charge is -2.73. The Balaban J connectivity index is 1.29. The molecule has 0 radical (unpaired) electrons. The molecule has 10 atom stereocenters. The molecule has 6 rings (SSSR count). The molecule has 3 N–H and O–H groups in total. The van der Waals surface area contributed by atoms with Crippen LogP contribution in [-0.2, 0) is 6.54 Å². The second-order valence-corrected chi connectivity index (χ2v) is 16.5. The standard InChI is InChI=1S/C37H56N2O2/c1-24(2)26-15-20-37(39-32(41)38-23-25-11-9-8-10-12-25)22-21-35(6)27(31(26)37)13-14-29-34(5)18-17-30(40)33(3,4)28(34)16-19-36(29,35)7/h8-12,26-31,40H,1,13-23H2,2-7H3,(H2,38,39,41)/t26-,27+,28-,29+,30-,31+,34-,35+,36+,37-/m0/s1. The van der Waals surface area contributed by atoms with Gasteiger partial charge in [0.15, 0.2) is 0 Å². The summed E-state index contributed by atoms with van der Waals surface area (Å²) in [5.74, 6) is 2.81. The van der Waals surface area contributed by atoms with Gasteiger partial charge < -0.3 is 15.7 Å². The van der Waals surface area contributed by atoms with Crippen LogP contribution in [0.1, 0.15) is 111 Å². The second kappa shape index (κ2) is 9.86. The first kappa shape index (κ1) is 29.3. The highest BCUT2D eigenvalue weighted by Crippen LogP contribution is 2.76. The highest BCUT2D eigenvalue weighted by molar-refractivity contribution is 5.75. The van der Waals surface area contributed by atoms with Gasteiger partial charge in [-0.25, -0.2) is 4.79 Å². The van der Waals surface area contributed by atoms with Crippen LogP contribution < -0.4 is 10.6 Å². The van der Waals surface area contributed by atoms with Crippen molar-refractivity contribution in [2.45, 2.75) is 124 Å². The number of aliphatic hydroxyl groups is 1. The Bertz CT molecular complexity index is 1180. The maximum atomic E-state index is 13.5. The molecule has 4 heteroatoms. The first-order chi connectivity index (χ1) is 19.3. The number of rotatable bonds is 4. The van der Waals surface area contributed by atoms with Crippen molar-refractivity contribution >= 4 is 6.03 Å². The highest BCUT2D eigenvalue weighted by atomic mass is 16.3. The van der Waals surface area contributed by atoms with Crippen LogP contribution in [0, 0.1) is 51.2 Å². The first-order valence-electron chi connectivity index (χ1n) is 16.7. The summed E-state index contributed by atoms with van der Waals surface area (Å²) >= 11 is 0. The topological polar surface area (TPSA) is 61.4 Å². The van der Waals surface area contributed by atoms with E-state index in [1.165, 1.54) is 37.7 Å². The van der Waals surface area contributed by atoms with Crippen molar-refractivity contribution in [1.82, 2.24) is 10.6 Å². The Kier molecular flexibility index (Phi) is 7.04. The molecule has 0 aromatic heterocycles. The number of nitrogens with one attached hydrogen (secondary N) is 2. The van der Waals surface area contributed by atoms with E-state index in [9.17, 15) is 9.90 Å². The van der Waals surface area contributed by atoms with Gasteiger partial charge in [0.2, 0.25) is 0 Å². The van der Waals surface area contributed by atoms with Crippen molar-refractivity contribution in [3.8, 4) is 0 Å². The second-order valence-electron chi connectivity index (χ2n) is 16.5. The van der Waals surface area contributed by atoms with Gasteiger partial charge in [0.05, 0.1) is 6.10 Å². The van der Waals surface area contributed by atoms with Crippen molar-refractivity contribution in [2.24, 2.45) is 51.2 Å². The Labute approximate surface area is 249 Å². The lowest BCUT2D eigenvalue weighted by molar-refractivity contribution is -0.243. The molecule has 0 saturated heterocycles. The molecule has 41 heavy (non-hydrogen) atoms. The van der Waals surface area contributed by atoms with Crippen LogP contribution in [0.4, 0.5) is 4.79 Å². The molecule has 226 valence electrons. The summed E-state index contributed by atoms with van der Waals surface area (Å²) in [6, 6.07) is 10.2. The number of benzene rings is 1. The monoisotopic (exact) mass is 560 g/mol. The molecule has 4 nitrogen and oxygen atoms in total. The van der Waals surface area contributed by atoms with Gasteiger partial charge >= 0.3 is 6.03 Å². The van der Waals surface area contributed by atoms with E-state index in [0.717, 1.165) is 37.7 Å². The normalized spacial score (nSPS) is 46.3. The fourth-order valence-corrected chi connectivity index (χ4v) is 12.4. The van der Waals surface area contributed by atoms with Crippen LogP contribution in [0.3, 0.4) is 0 Å². The summed E-state index contributed by atoms with van der Waals surface area (Å²) in [5, 5.41) is 17.8. The lowest BCUT2D eigenvalue weighted by atomic mass is 9.32. The minimum atomic E-state index is -0.180. The Morgan fingerprint density at radius 1 is 0.878 bits per heavy atom. The summed E-state index contributed by atoms with van der Waals surface area (Å²) in [5.41, 5.74) is 3.10. The van der Waals surface area contributed by atoms with E-state index in [1.807, 2.05) is 18.2 Å². The number of hydrogen-bond donors (Lipinski definition) is 3. The van der Waals surface area contributed by atoms with E-state index in [2.05, 4.69) is 70.9 Å². The molecule has 0 spiro atoms. The van der Waals surface area contributed by atoms with E-state index in [1.54, 1.807) is 0 Å². The number of fused-ring (bicyclic) bond motifs is 7. The van der Waals surface area contributed by atoms with Gasteiger partial charge in [0.1, 0.15) is 0 Å². The van der Waals surface area contributed by atoms with Crippen molar-refractivity contribution in [2.75, 3.05) is 0 Å². The average Bonchev–Trinajstić information content (AvgIpc) is 3.30. The third-order valence-electron chi connectivity index (χ3n) is 14.7. The SMILES string of the molecule is C=C(C)[C@@H]1CC[C@]2(NC(=O)NCc3ccccc3)CC[C@]3(C)[C@H](CC[C@@H]4[C@@]5(C)CC[C@H](O)C(C)(C)[C@@H]5CC[C@]43C)[C@@H]12. The summed E-state index contributed by atoms with van der Waals surface area (Å²) in [4.78, 5) is 13.5. The number of hydrogen-bond acceptors (Lipinski definition) is 2. The number of carbonyl (C=O) groups is 1. The Hall–Kier alpha value is -1.81. The zero-order valence-corrected chi connectivity index (χ0v) is 26.7. The largest absolute Gasteiger partial charge is 0.393 e. The Morgan fingerprint density at radius 2 is 1.61 bits per heavy atom. The van der Waals surface area contributed by atoms with Gasteiger partial charge in [0, 0.05) is 12.1 Å². The summed E-state index contributed by atoms with van der Waals surface area (Å²) < 4.78 is 0. The van der Waals surface area contributed by atoms with Crippen molar-refractivity contribution in [3.63, 3.8) is 0 Å². The van der Waals surface area contributed by atoms with Crippen LogP contribution in [0.25, 0.3) is 0 Å². The summed E-state index contributed by atoms with van der Waals surface area (Å²) in [6.07, 6.45) is 11.4. The van der Waals surface area contributed by atoms with Crippen LogP contribution in [0.15, 0.2) is 42.5 Å². The van der Waals surface area contributed by atoms with Crippen molar-refractivity contribution in [1.29, 1.82) is 0 Å². The van der Waals surface area contributed by atoms with Gasteiger partial charge in [-0.1, -0.05) is 77.1 Å². The third kappa shape index (κ3) is 4.20. The van der Waals surface area contributed by atoms with Crippen molar-refractivity contribution < 1.29 is 9.90 Å². The van der Waals surface area contributed by atoms with Crippen LogP contribution in [0.2, 0.25) is 0 Å². The van der Waals surface area contributed by atoms with Gasteiger partial charge in [-0.15, -0.1) is 0 Å². The molecule has 0 heterocycles. The molecule has 0 unspecified atom stereocenters. The molecule has 5 fully saturated rings. The first-order valence-corrected chi connectivity index (χ1v) is 16.7. The van der Waals surface area contributed by atoms with E-state index < -0.39 is 0 Å². The number of allylic oxidation sites excluding steroid dienone is 1. The van der Waals surface area contributed by atoms with Crippen LogP contribution in [0.5, 0.6) is 0 Å². The van der Waals surface area contributed by atoms with E-state index >= 15 is 0 Å². The zero-order chi connectivity index (χ0) is 29.4. The Morgan fingerprint density at radius 3 is 2.32 bits per heavy atom. The third-order valence-corrected chi connectivity index (χ3v) is 14.7. The minimum absolute atomic E-state index is 0.0126. The van der Waals surface area contributed by atoms with Gasteiger partial charge in [-0.3, -0.25) is 0 Å². The molecule has 5 aliphatic rings. The summed E-state index contributed by atoms with van der Waals surface area (Å²) in [7, 11) is 0. The molecule has 5 saturated carbocycles. The van der Waals surface area contributed by atoms with Crippen LogP contribution in [-0.4, -0.2) is 22.8 Å². The van der Waals surface area contributed by atoms with E-state index in [0.29, 0.717) is 36.1 Å². The smallest absolute Gasteiger partial charge is 0.315 e.